The fourth-order valence-corrected chi connectivity index (χ4v) is 2.71. The van der Waals surface area contributed by atoms with Crippen LogP contribution in [0.25, 0.3) is 0 Å². The number of nitrogens with zero attached hydrogens (tertiary/aromatic N) is 2. The minimum atomic E-state index is 0.786. The largest absolute Gasteiger partial charge is 0.302 e. The lowest BCUT2D eigenvalue weighted by Crippen LogP contribution is -2.34. The van der Waals surface area contributed by atoms with Crippen LogP contribution in [-0.2, 0) is 0 Å². The second-order valence-corrected chi connectivity index (χ2v) is 4.58. The van der Waals surface area contributed by atoms with Crippen molar-refractivity contribution in [2.75, 3.05) is 33.2 Å². The van der Waals surface area contributed by atoms with Crippen molar-refractivity contribution in [3.63, 3.8) is 0 Å². The third-order valence-corrected chi connectivity index (χ3v) is 3.65. The molecule has 2 aliphatic rings. The smallest absolute Gasteiger partial charge is 0.0308 e. The van der Waals surface area contributed by atoms with Crippen molar-refractivity contribution < 1.29 is 0 Å². The van der Waals surface area contributed by atoms with Gasteiger partial charge in [-0.05, 0) is 39.4 Å². The molecule has 0 radical (unpaired) electrons. The lowest BCUT2D eigenvalue weighted by atomic mass is 9.98. The van der Waals surface area contributed by atoms with Crippen molar-refractivity contribution in [2.45, 2.75) is 32.2 Å². The summed E-state index contributed by atoms with van der Waals surface area (Å²) >= 11 is 0. The van der Waals surface area contributed by atoms with Gasteiger partial charge >= 0.3 is 0 Å². The molecule has 0 saturated carbocycles. The highest BCUT2D eigenvalue weighted by molar-refractivity contribution is 5.16. The molecular formula is C12H22N2. The Hall–Kier alpha value is -0.340. The third-order valence-electron chi connectivity index (χ3n) is 3.65. The molecule has 0 unspecified atom stereocenters. The lowest BCUT2D eigenvalue weighted by Gasteiger charge is -2.30. The van der Waals surface area contributed by atoms with Crippen LogP contribution in [0.2, 0.25) is 0 Å². The van der Waals surface area contributed by atoms with Crippen molar-refractivity contribution >= 4 is 0 Å². The van der Waals surface area contributed by atoms with Gasteiger partial charge in [0.05, 0.1) is 0 Å². The second kappa shape index (κ2) is 4.45. The van der Waals surface area contributed by atoms with E-state index in [-0.39, 0.29) is 0 Å². The van der Waals surface area contributed by atoms with Crippen LogP contribution < -0.4 is 0 Å². The molecule has 0 aliphatic carbocycles. The van der Waals surface area contributed by atoms with Crippen LogP contribution in [0.1, 0.15) is 26.2 Å². The van der Waals surface area contributed by atoms with Gasteiger partial charge in [-0.15, -0.1) is 0 Å². The van der Waals surface area contributed by atoms with E-state index < -0.39 is 0 Å². The lowest BCUT2D eigenvalue weighted by molar-refractivity contribution is 0.275. The Balaban J connectivity index is 2.00. The van der Waals surface area contributed by atoms with Gasteiger partial charge in [-0.1, -0.05) is 18.6 Å². The average molecular weight is 194 g/mol. The number of rotatable bonds is 2. The Morgan fingerprint density at radius 3 is 2.93 bits per heavy atom. The Bertz CT molecular complexity index is 222. The van der Waals surface area contributed by atoms with Gasteiger partial charge in [0.25, 0.3) is 0 Å². The summed E-state index contributed by atoms with van der Waals surface area (Å²) in [5.74, 6) is 0. The minimum Gasteiger partial charge on any atom is -0.302 e. The molecule has 2 nitrogen and oxygen atoms in total. The molecule has 0 aromatic heterocycles. The number of likely N-dealkylation sites (N-methyl/N-ethyl adjacent to an activating group) is 2. The van der Waals surface area contributed by atoms with E-state index in [0.717, 1.165) is 12.6 Å². The quantitative estimate of drug-likeness (QED) is 0.618. The van der Waals surface area contributed by atoms with Gasteiger partial charge in [0.15, 0.2) is 0 Å². The standard InChI is InChI=1S/C12H22N2/c1-3-14-8-4-5-12(14)11-6-9-13(2)10-7-11/h6,12H,3-5,7-10H2,1-2H3/t12-/m0/s1. The first-order valence-corrected chi connectivity index (χ1v) is 5.92. The van der Waals surface area contributed by atoms with Crippen molar-refractivity contribution in [1.29, 1.82) is 0 Å². The molecule has 0 N–H and O–H groups in total. The Kier molecular flexibility index (Phi) is 3.24. The zero-order valence-corrected chi connectivity index (χ0v) is 9.50. The molecule has 0 aromatic rings. The molecule has 0 amide bonds. The Morgan fingerprint density at radius 2 is 2.29 bits per heavy atom. The maximum atomic E-state index is 2.64. The number of likely N-dealkylation sites (tertiary alicyclic amines) is 1. The summed E-state index contributed by atoms with van der Waals surface area (Å²) in [6, 6.07) is 0.786. The summed E-state index contributed by atoms with van der Waals surface area (Å²) in [6.45, 7) is 7.23. The minimum absolute atomic E-state index is 0.786. The summed E-state index contributed by atoms with van der Waals surface area (Å²) in [4.78, 5) is 5.03. The summed E-state index contributed by atoms with van der Waals surface area (Å²) in [5.41, 5.74) is 1.71. The summed E-state index contributed by atoms with van der Waals surface area (Å²) in [7, 11) is 2.21. The second-order valence-electron chi connectivity index (χ2n) is 4.58. The molecule has 0 bridgehead atoms. The van der Waals surface area contributed by atoms with Crippen LogP contribution in [0.15, 0.2) is 11.6 Å². The van der Waals surface area contributed by atoms with E-state index in [1.165, 1.54) is 38.9 Å². The first-order valence-electron chi connectivity index (χ1n) is 5.92. The van der Waals surface area contributed by atoms with Crippen LogP contribution in [-0.4, -0.2) is 49.1 Å². The van der Waals surface area contributed by atoms with Gasteiger partial charge in [0.2, 0.25) is 0 Å². The van der Waals surface area contributed by atoms with Gasteiger partial charge in [-0.3, -0.25) is 4.90 Å². The average Bonchev–Trinajstić information content (AvgIpc) is 2.67. The van der Waals surface area contributed by atoms with E-state index in [9.17, 15) is 0 Å². The van der Waals surface area contributed by atoms with Gasteiger partial charge in [-0.2, -0.15) is 0 Å². The van der Waals surface area contributed by atoms with Crippen molar-refractivity contribution in [2.24, 2.45) is 0 Å². The topological polar surface area (TPSA) is 6.48 Å². The zero-order chi connectivity index (χ0) is 9.97. The van der Waals surface area contributed by atoms with Crippen molar-refractivity contribution in [3.8, 4) is 0 Å². The van der Waals surface area contributed by atoms with Crippen LogP contribution in [0, 0.1) is 0 Å². The van der Waals surface area contributed by atoms with E-state index in [2.05, 4.69) is 29.8 Å². The molecule has 0 spiro atoms. The molecule has 1 atom stereocenters. The van der Waals surface area contributed by atoms with Crippen molar-refractivity contribution in [3.05, 3.63) is 11.6 Å². The normalized spacial score (nSPS) is 30.7. The molecule has 80 valence electrons. The van der Waals surface area contributed by atoms with E-state index in [0.29, 0.717) is 0 Å². The number of hydrogen-bond acceptors (Lipinski definition) is 2. The molecule has 1 fully saturated rings. The van der Waals surface area contributed by atoms with Gasteiger partial charge in [0.1, 0.15) is 0 Å². The molecule has 0 aromatic carbocycles. The third kappa shape index (κ3) is 2.01. The van der Waals surface area contributed by atoms with Gasteiger partial charge in [-0.25, -0.2) is 0 Å². The molecule has 14 heavy (non-hydrogen) atoms. The predicted molar refractivity (Wildman–Crippen MR) is 60.5 cm³/mol. The maximum absolute atomic E-state index is 2.64. The zero-order valence-electron chi connectivity index (χ0n) is 9.50. The maximum Gasteiger partial charge on any atom is 0.0308 e. The monoisotopic (exact) mass is 194 g/mol. The molecule has 1 saturated heterocycles. The van der Waals surface area contributed by atoms with Crippen LogP contribution >= 0.6 is 0 Å². The SMILES string of the molecule is CCN1CCC[C@H]1C1=CCN(C)CC1. The summed E-state index contributed by atoms with van der Waals surface area (Å²) in [6.07, 6.45) is 6.54. The highest BCUT2D eigenvalue weighted by atomic mass is 15.2. The number of hydrogen-bond donors (Lipinski definition) is 0. The van der Waals surface area contributed by atoms with E-state index >= 15 is 0 Å². The van der Waals surface area contributed by atoms with Gasteiger partial charge in [0, 0.05) is 19.1 Å². The molecule has 2 heteroatoms. The predicted octanol–water partition coefficient (Wildman–Crippen LogP) is 1.73. The first-order chi connectivity index (χ1) is 6.81. The van der Waals surface area contributed by atoms with E-state index in [1.807, 2.05) is 0 Å². The first kappa shape index (κ1) is 10.2. The van der Waals surface area contributed by atoms with E-state index in [1.54, 1.807) is 5.57 Å². The molecule has 2 heterocycles. The molecular weight excluding hydrogens is 172 g/mol. The fraction of sp³-hybridized carbons (Fsp3) is 0.833. The van der Waals surface area contributed by atoms with Crippen LogP contribution in [0.5, 0.6) is 0 Å². The van der Waals surface area contributed by atoms with Crippen LogP contribution in [0.4, 0.5) is 0 Å². The summed E-state index contributed by atoms with van der Waals surface area (Å²) < 4.78 is 0. The van der Waals surface area contributed by atoms with Crippen molar-refractivity contribution in [1.82, 2.24) is 9.80 Å². The van der Waals surface area contributed by atoms with Gasteiger partial charge < -0.3 is 4.90 Å². The highest BCUT2D eigenvalue weighted by Gasteiger charge is 2.27. The fourth-order valence-electron chi connectivity index (χ4n) is 2.71. The Labute approximate surface area is 87.6 Å². The summed E-state index contributed by atoms with van der Waals surface area (Å²) in [5, 5.41) is 0. The molecule has 2 aliphatic heterocycles. The van der Waals surface area contributed by atoms with E-state index in [4.69, 9.17) is 0 Å². The Morgan fingerprint density at radius 1 is 1.43 bits per heavy atom. The molecule has 2 rings (SSSR count). The highest BCUT2D eigenvalue weighted by Crippen LogP contribution is 2.26. The van der Waals surface area contributed by atoms with Crippen LogP contribution in [0.3, 0.4) is 0 Å².